The van der Waals surface area contributed by atoms with Crippen LogP contribution >= 0.6 is 0 Å². The summed E-state index contributed by atoms with van der Waals surface area (Å²) in [5.74, 6) is 0.716. The maximum absolute atomic E-state index is 13.2. The highest BCUT2D eigenvalue weighted by molar-refractivity contribution is 6.27. The van der Waals surface area contributed by atoms with E-state index in [0.717, 1.165) is 41.8 Å². The standard InChI is InChI=1S/C31H26N2O/c34-29-20-28-30(24-16-8-7-15-23(24)29)32-31-18-10-9-17-26(31)25(21-11-3-1-4-12-21)19-27(33(28)31)22-13-5-2-6-14-22/h1-8,11-16,19-20,25-26H,9-10,17-18H2/t25-,26+,31+/m0/s1. The van der Waals surface area contributed by atoms with Gasteiger partial charge in [0.05, 0.1) is 11.4 Å². The van der Waals surface area contributed by atoms with Crippen LogP contribution in [-0.2, 0) is 0 Å². The van der Waals surface area contributed by atoms with Crippen LogP contribution in [0.25, 0.3) is 5.70 Å². The SMILES string of the molecule is O=C1C=C2C(=N[C@@]34CCCC[C@@H]3[C@H](c3ccccc3)C=C(c3ccccc3)N24)c2ccccc21. The van der Waals surface area contributed by atoms with Crippen LogP contribution in [0.3, 0.4) is 0 Å². The maximum Gasteiger partial charge on any atom is 0.188 e. The topological polar surface area (TPSA) is 32.7 Å². The summed E-state index contributed by atoms with van der Waals surface area (Å²) < 4.78 is 0. The van der Waals surface area contributed by atoms with Gasteiger partial charge in [-0.25, -0.2) is 0 Å². The predicted octanol–water partition coefficient (Wildman–Crippen LogP) is 6.60. The largest absolute Gasteiger partial charge is 0.313 e. The zero-order valence-electron chi connectivity index (χ0n) is 19.0. The fraction of sp³-hybridized carbons (Fsp3) is 0.226. The number of carbonyl (C=O) groups excluding carboxylic acids is 1. The molecule has 7 rings (SSSR count). The van der Waals surface area contributed by atoms with Crippen molar-refractivity contribution < 1.29 is 4.79 Å². The zero-order chi connectivity index (χ0) is 22.7. The molecule has 0 amide bonds. The molecule has 0 aromatic heterocycles. The summed E-state index contributed by atoms with van der Waals surface area (Å²) in [5.41, 5.74) is 7.02. The van der Waals surface area contributed by atoms with Crippen molar-refractivity contribution in [2.45, 2.75) is 37.3 Å². The first-order valence-corrected chi connectivity index (χ1v) is 12.3. The van der Waals surface area contributed by atoms with Crippen LogP contribution in [0.4, 0.5) is 0 Å². The molecule has 3 atom stereocenters. The number of rotatable bonds is 2. The molecule has 166 valence electrons. The Hall–Kier alpha value is -3.72. The van der Waals surface area contributed by atoms with E-state index in [1.165, 1.54) is 23.2 Å². The van der Waals surface area contributed by atoms with E-state index in [9.17, 15) is 4.79 Å². The smallest absolute Gasteiger partial charge is 0.188 e. The van der Waals surface area contributed by atoms with Gasteiger partial charge in [-0.2, -0.15) is 0 Å². The molecule has 2 aliphatic carbocycles. The number of aliphatic imine (C=N–C) groups is 1. The first kappa shape index (κ1) is 19.7. The predicted molar refractivity (Wildman–Crippen MR) is 136 cm³/mol. The quantitative estimate of drug-likeness (QED) is 0.448. The van der Waals surface area contributed by atoms with E-state index in [1.54, 1.807) is 0 Å². The van der Waals surface area contributed by atoms with Crippen molar-refractivity contribution in [3.63, 3.8) is 0 Å². The Morgan fingerprint density at radius 3 is 2.29 bits per heavy atom. The fourth-order valence-electron chi connectivity index (χ4n) is 6.64. The maximum atomic E-state index is 13.2. The van der Waals surface area contributed by atoms with E-state index in [-0.39, 0.29) is 17.4 Å². The molecule has 0 radical (unpaired) electrons. The van der Waals surface area contributed by atoms with Crippen LogP contribution < -0.4 is 0 Å². The van der Waals surface area contributed by atoms with E-state index in [1.807, 2.05) is 24.3 Å². The Morgan fingerprint density at radius 1 is 0.794 bits per heavy atom. The van der Waals surface area contributed by atoms with Gasteiger partial charge < -0.3 is 4.90 Å². The van der Waals surface area contributed by atoms with Crippen molar-refractivity contribution in [3.05, 3.63) is 125 Å². The number of nitrogens with zero attached hydrogens (tertiary/aromatic N) is 2. The van der Waals surface area contributed by atoms with Crippen molar-refractivity contribution >= 4 is 17.2 Å². The number of fused-ring (bicyclic) bond motifs is 4. The summed E-state index contributed by atoms with van der Waals surface area (Å²) >= 11 is 0. The minimum Gasteiger partial charge on any atom is -0.313 e. The molecule has 3 aromatic rings. The van der Waals surface area contributed by atoms with Gasteiger partial charge in [0.25, 0.3) is 0 Å². The van der Waals surface area contributed by atoms with Gasteiger partial charge in [0, 0.05) is 34.7 Å². The lowest BCUT2D eigenvalue weighted by atomic mass is 9.66. The minimum absolute atomic E-state index is 0.0755. The molecular weight excluding hydrogens is 416 g/mol. The monoisotopic (exact) mass is 442 g/mol. The second kappa shape index (κ2) is 7.39. The van der Waals surface area contributed by atoms with E-state index in [0.29, 0.717) is 5.92 Å². The van der Waals surface area contributed by atoms with Crippen LogP contribution in [0.5, 0.6) is 0 Å². The highest BCUT2D eigenvalue weighted by Gasteiger charge is 2.57. The van der Waals surface area contributed by atoms with Gasteiger partial charge in [-0.15, -0.1) is 0 Å². The van der Waals surface area contributed by atoms with Gasteiger partial charge in [-0.1, -0.05) is 97.4 Å². The Bertz CT molecular complexity index is 1390. The summed E-state index contributed by atoms with van der Waals surface area (Å²) in [6.07, 6.45) is 8.79. The Kier molecular flexibility index (Phi) is 4.29. The number of hydrogen-bond acceptors (Lipinski definition) is 3. The van der Waals surface area contributed by atoms with Gasteiger partial charge in [0.15, 0.2) is 5.78 Å². The summed E-state index contributed by atoms with van der Waals surface area (Å²) in [7, 11) is 0. The Balaban J connectivity index is 1.51. The first-order valence-electron chi connectivity index (χ1n) is 12.3. The molecule has 3 heteroatoms. The van der Waals surface area contributed by atoms with Crippen LogP contribution in [0.2, 0.25) is 0 Å². The zero-order valence-corrected chi connectivity index (χ0v) is 19.0. The van der Waals surface area contributed by atoms with Crippen molar-refractivity contribution in [2.75, 3.05) is 0 Å². The summed E-state index contributed by atoms with van der Waals surface area (Å²) in [6, 6.07) is 29.5. The van der Waals surface area contributed by atoms with Gasteiger partial charge in [-0.05, 0) is 30.4 Å². The van der Waals surface area contributed by atoms with Crippen molar-refractivity contribution in [1.29, 1.82) is 0 Å². The molecule has 3 aromatic carbocycles. The molecule has 2 aliphatic heterocycles. The second-order valence-electron chi connectivity index (χ2n) is 9.82. The lowest BCUT2D eigenvalue weighted by Crippen LogP contribution is -2.54. The third-order valence-corrected chi connectivity index (χ3v) is 8.06. The number of ketones is 1. The van der Waals surface area contributed by atoms with Gasteiger partial charge in [0.1, 0.15) is 5.66 Å². The van der Waals surface area contributed by atoms with E-state index in [4.69, 9.17) is 4.99 Å². The molecular formula is C31H26N2O. The summed E-state index contributed by atoms with van der Waals surface area (Å²) in [6.45, 7) is 0. The third kappa shape index (κ3) is 2.70. The lowest BCUT2D eigenvalue weighted by molar-refractivity contribution is 0.0683. The molecule has 1 fully saturated rings. The Morgan fingerprint density at radius 2 is 1.50 bits per heavy atom. The average molecular weight is 443 g/mol. The van der Waals surface area contributed by atoms with Crippen molar-refractivity contribution in [2.24, 2.45) is 10.9 Å². The fourth-order valence-corrected chi connectivity index (χ4v) is 6.64. The van der Waals surface area contributed by atoms with E-state index in [2.05, 4.69) is 77.7 Å². The van der Waals surface area contributed by atoms with Crippen LogP contribution in [0.1, 0.15) is 58.6 Å². The number of benzene rings is 3. The molecule has 0 saturated heterocycles. The number of carbonyl (C=O) groups is 1. The molecule has 0 N–H and O–H groups in total. The van der Waals surface area contributed by atoms with Crippen LogP contribution in [-0.4, -0.2) is 22.1 Å². The number of allylic oxidation sites excluding steroid dienone is 3. The van der Waals surface area contributed by atoms with E-state index >= 15 is 0 Å². The molecule has 0 bridgehead atoms. The molecule has 1 spiro atoms. The Labute approximate surface area is 200 Å². The van der Waals surface area contributed by atoms with Crippen molar-refractivity contribution in [1.82, 2.24) is 4.90 Å². The molecule has 34 heavy (non-hydrogen) atoms. The highest BCUT2D eigenvalue weighted by atomic mass is 16.1. The van der Waals surface area contributed by atoms with Gasteiger partial charge >= 0.3 is 0 Å². The van der Waals surface area contributed by atoms with Gasteiger partial charge in [0.2, 0.25) is 0 Å². The minimum atomic E-state index is -0.364. The molecule has 0 unspecified atom stereocenters. The molecule has 4 aliphatic rings. The van der Waals surface area contributed by atoms with Gasteiger partial charge in [-0.3, -0.25) is 9.79 Å². The summed E-state index contributed by atoms with van der Waals surface area (Å²) in [4.78, 5) is 21.2. The summed E-state index contributed by atoms with van der Waals surface area (Å²) in [5, 5.41) is 0. The third-order valence-electron chi connectivity index (χ3n) is 8.06. The number of hydrogen-bond donors (Lipinski definition) is 0. The van der Waals surface area contributed by atoms with Crippen molar-refractivity contribution in [3.8, 4) is 0 Å². The second-order valence-corrected chi connectivity index (χ2v) is 9.82. The molecule has 2 heterocycles. The lowest BCUT2D eigenvalue weighted by Gasteiger charge is -2.53. The molecule has 3 nitrogen and oxygen atoms in total. The first-order chi connectivity index (χ1) is 16.8. The van der Waals surface area contributed by atoms with Crippen LogP contribution in [0, 0.1) is 5.92 Å². The van der Waals surface area contributed by atoms with E-state index < -0.39 is 0 Å². The highest BCUT2D eigenvalue weighted by Crippen LogP contribution is 2.58. The average Bonchev–Trinajstić information content (AvgIpc) is 3.23. The van der Waals surface area contributed by atoms with Crippen LogP contribution in [0.15, 0.2) is 108 Å². The molecule has 1 saturated carbocycles. The normalized spacial score (nSPS) is 27.0.